The van der Waals surface area contributed by atoms with Gasteiger partial charge in [0.2, 0.25) is 12.1 Å². The molecule has 1 aromatic heterocycles. The van der Waals surface area contributed by atoms with Gasteiger partial charge in [-0.05, 0) is 6.42 Å². The van der Waals surface area contributed by atoms with Crippen LogP contribution in [0.25, 0.3) is 0 Å². The third kappa shape index (κ3) is 1.85. The third-order valence-corrected chi connectivity index (χ3v) is 3.44. The van der Waals surface area contributed by atoms with Crippen molar-refractivity contribution in [2.45, 2.75) is 37.5 Å². The van der Waals surface area contributed by atoms with E-state index in [-0.39, 0.29) is 18.7 Å². The van der Waals surface area contributed by atoms with E-state index in [4.69, 9.17) is 0 Å². The molecule has 3 rings (SSSR count). The Morgan fingerprint density at radius 2 is 2.00 bits per heavy atom. The molecule has 0 bridgehead atoms. The van der Waals surface area contributed by atoms with Crippen LogP contribution in [-0.2, 0) is 6.42 Å². The summed E-state index contributed by atoms with van der Waals surface area (Å²) in [5.74, 6) is -1.49. The van der Waals surface area contributed by atoms with Gasteiger partial charge >= 0.3 is 6.18 Å². The third-order valence-electron chi connectivity index (χ3n) is 3.44. The second-order valence-corrected chi connectivity index (χ2v) is 4.74. The fraction of sp³-hybridized carbons (Fsp3) is 0.700. The van der Waals surface area contributed by atoms with Crippen LogP contribution in [-0.4, -0.2) is 50.8 Å². The summed E-state index contributed by atoms with van der Waals surface area (Å²) in [6.45, 7) is -0.438. The van der Waals surface area contributed by atoms with E-state index in [9.17, 15) is 26.7 Å². The minimum Gasteiger partial charge on any atom is -0.300 e. The second kappa shape index (κ2) is 4.13. The number of rotatable bonds is 1. The second-order valence-electron chi connectivity index (χ2n) is 4.74. The van der Waals surface area contributed by atoms with Gasteiger partial charge in [-0.2, -0.15) is 13.2 Å². The van der Waals surface area contributed by atoms with Crippen molar-refractivity contribution in [1.29, 1.82) is 0 Å². The summed E-state index contributed by atoms with van der Waals surface area (Å²) in [4.78, 5) is 16.0. The quantitative estimate of drug-likeness (QED) is 0.582. The van der Waals surface area contributed by atoms with Crippen LogP contribution < -0.4 is 0 Å². The lowest BCUT2D eigenvalue weighted by molar-refractivity contribution is -0.168. The molecule has 1 saturated heterocycles. The Hall–Kier alpha value is -1.74. The van der Waals surface area contributed by atoms with E-state index in [1.807, 2.05) is 0 Å². The molecule has 2 aliphatic heterocycles. The molecule has 10 heteroatoms. The summed E-state index contributed by atoms with van der Waals surface area (Å²) >= 11 is 0. The molecule has 0 aliphatic carbocycles. The lowest BCUT2D eigenvalue weighted by Crippen LogP contribution is -2.58. The zero-order chi connectivity index (χ0) is 14.7. The number of fused-ring (bicyclic) bond motifs is 1. The Morgan fingerprint density at radius 3 is 2.55 bits per heavy atom. The van der Waals surface area contributed by atoms with Crippen molar-refractivity contribution in [3.05, 3.63) is 11.6 Å². The molecule has 1 aromatic rings. The van der Waals surface area contributed by atoms with Gasteiger partial charge in [0.05, 0.1) is 6.54 Å². The Bertz CT molecular complexity index is 556. The van der Waals surface area contributed by atoms with E-state index in [2.05, 4.69) is 10.1 Å². The number of amides is 1. The monoisotopic (exact) mass is 296 g/mol. The van der Waals surface area contributed by atoms with Crippen molar-refractivity contribution in [2.24, 2.45) is 0 Å². The van der Waals surface area contributed by atoms with Gasteiger partial charge < -0.3 is 0 Å². The van der Waals surface area contributed by atoms with Gasteiger partial charge in [-0.1, -0.05) is 0 Å². The van der Waals surface area contributed by atoms with Gasteiger partial charge in [-0.25, -0.2) is 18.4 Å². The number of hydrogen-bond acceptors (Lipinski definition) is 3. The topological polar surface area (TPSA) is 51.0 Å². The first kappa shape index (κ1) is 13.3. The van der Waals surface area contributed by atoms with Crippen molar-refractivity contribution >= 4 is 5.91 Å². The summed E-state index contributed by atoms with van der Waals surface area (Å²) in [7, 11) is 0. The SMILES string of the molecule is O=C(c1nc2n(n1)[C@H](C(F)(F)F)CC2)N1CC(F)C1F. The van der Waals surface area contributed by atoms with Crippen molar-refractivity contribution in [3.63, 3.8) is 0 Å². The average molecular weight is 296 g/mol. The maximum absolute atomic E-state index is 13.1. The summed E-state index contributed by atoms with van der Waals surface area (Å²) in [5, 5.41) is 3.51. The van der Waals surface area contributed by atoms with Crippen LogP contribution in [0, 0.1) is 0 Å². The van der Waals surface area contributed by atoms with Crippen LogP contribution in [0.3, 0.4) is 0 Å². The summed E-state index contributed by atoms with van der Waals surface area (Å²) in [5.41, 5.74) is 0. The van der Waals surface area contributed by atoms with Gasteiger partial charge in [0.1, 0.15) is 11.9 Å². The molecule has 5 nitrogen and oxygen atoms in total. The summed E-state index contributed by atoms with van der Waals surface area (Å²) in [6, 6.07) is -1.82. The molecule has 3 atom stereocenters. The molecular weight excluding hydrogens is 287 g/mol. The van der Waals surface area contributed by atoms with Crippen LogP contribution >= 0.6 is 0 Å². The van der Waals surface area contributed by atoms with Crippen molar-refractivity contribution < 1.29 is 26.7 Å². The standard InChI is InChI=1S/C10H9F5N4O/c11-4-3-18(7(4)12)9(20)8-16-6-2-1-5(10(13,14)15)19(6)17-8/h4-5,7H,1-3H2/t4?,5-,7?/m0/s1. The molecule has 110 valence electrons. The molecule has 2 unspecified atom stereocenters. The number of alkyl halides is 5. The molecule has 20 heavy (non-hydrogen) atoms. The molecular formula is C10H9F5N4O. The number of likely N-dealkylation sites (tertiary alicyclic amines) is 1. The van der Waals surface area contributed by atoms with E-state index in [1.54, 1.807) is 0 Å². The normalized spacial score (nSPS) is 29.2. The first-order valence-electron chi connectivity index (χ1n) is 5.90. The fourth-order valence-corrected chi connectivity index (χ4v) is 2.31. The van der Waals surface area contributed by atoms with Crippen LogP contribution in [0.15, 0.2) is 0 Å². The minimum atomic E-state index is -4.48. The van der Waals surface area contributed by atoms with Crippen LogP contribution in [0.5, 0.6) is 0 Å². The molecule has 2 aliphatic rings. The first-order chi connectivity index (χ1) is 9.29. The molecule has 0 spiro atoms. The van der Waals surface area contributed by atoms with Crippen molar-refractivity contribution in [1.82, 2.24) is 19.7 Å². The maximum atomic E-state index is 13.1. The Labute approximate surface area is 109 Å². The predicted octanol–water partition coefficient (Wildman–Crippen LogP) is 1.42. The molecule has 3 heterocycles. The highest BCUT2D eigenvalue weighted by Gasteiger charge is 2.48. The predicted molar refractivity (Wildman–Crippen MR) is 54.3 cm³/mol. The Kier molecular flexibility index (Phi) is 2.73. The molecule has 0 aromatic carbocycles. The first-order valence-corrected chi connectivity index (χ1v) is 5.90. The van der Waals surface area contributed by atoms with E-state index in [0.29, 0.717) is 9.58 Å². The highest BCUT2D eigenvalue weighted by Crippen LogP contribution is 2.38. The number of carbonyl (C=O) groups is 1. The number of aromatic nitrogens is 3. The Balaban J connectivity index is 1.83. The Morgan fingerprint density at radius 1 is 1.30 bits per heavy atom. The molecule has 0 saturated carbocycles. The fourth-order valence-electron chi connectivity index (χ4n) is 2.31. The van der Waals surface area contributed by atoms with Crippen LogP contribution in [0.4, 0.5) is 22.0 Å². The number of aryl methyl sites for hydroxylation is 1. The average Bonchev–Trinajstić information content (AvgIpc) is 2.92. The molecule has 0 radical (unpaired) electrons. The zero-order valence-electron chi connectivity index (χ0n) is 9.94. The van der Waals surface area contributed by atoms with E-state index in [0.717, 1.165) is 0 Å². The van der Waals surface area contributed by atoms with Gasteiger partial charge in [0.25, 0.3) is 5.91 Å². The number of halogens is 5. The highest BCUT2D eigenvalue weighted by atomic mass is 19.4. The number of hydrogen-bond donors (Lipinski definition) is 0. The lowest BCUT2D eigenvalue weighted by atomic mass is 10.1. The van der Waals surface area contributed by atoms with Gasteiger partial charge in [0.15, 0.2) is 6.17 Å². The van der Waals surface area contributed by atoms with Crippen LogP contribution in [0.1, 0.15) is 28.9 Å². The number of carbonyl (C=O) groups excluding carboxylic acids is 1. The molecule has 0 N–H and O–H groups in total. The zero-order valence-corrected chi connectivity index (χ0v) is 9.94. The maximum Gasteiger partial charge on any atom is 0.410 e. The van der Waals surface area contributed by atoms with Crippen molar-refractivity contribution in [2.75, 3.05) is 6.54 Å². The van der Waals surface area contributed by atoms with E-state index >= 15 is 0 Å². The minimum absolute atomic E-state index is 0.0309. The van der Waals surface area contributed by atoms with Crippen molar-refractivity contribution in [3.8, 4) is 0 Å². The van der Waals surface area contributed by atoms with E-state index < -0.39 is 43.0 Å². The van der Waals surface area contributed by atoms with Gasteiger partial charge in [-0.3, -0.25) is 9.69 Å². The lowest BCUT2D eigenvalue weighted by Gasteiger charge is -2.37. The summed E-state index contributed by atoms with van der Waals surface area (Å²) < 4.78 is 64.5. The molecule has 1 fully saturated rings. The highest BCUT2D eigenvalue weighted by molar-refractivity contribution is 5.91. The summed E-state index contributed by atoms with van der Waals surface area (Å²) in [6.07, 6.45) is -8.48. The van der Waals surface area contributed by atoms with Gasteiger partial charge in [-0.15, -0.1) is 5.10 Å². The number of nitrogens with zero attached hydrogens (tertiary/aromatic N) is 4. The largest absolute Gasteiger partial charge is 0.410 e. The van der Waals surface area contributed by atoms with Gasteiger partial charge in [0, 0.05) is 6.42 Å². The smallest absolute Gasteiger partial charge is 0.300 e. The van der Waals surface area contributed by atoms with Crippen LogP contribution in [0.2, 0.25) is 0 Å². The molecule has 1 amide bonds. The van der Waals surface area contributed by atoms with E-state index in [1.165, 1.54) is 0 Å².